The summed E-state index contributed by atoms with van der Waals surface area (Å²) < 4.78 is 10.7. The molecule has 1 aromatic heterocycles. The fourth-order valence-corrected chi connectivity index (χ4v) is 2.42. The van der Waals surface area contributed by atoms with Crippen molar-refractivity contribution in [2.45, 2.75) is 12.5 Å². The molecule has 1 atom stereocenters. The van der Waals surface area contributed by atoms with Crippen molar-refractivity contribution in [3.8, 4) is 11.5 Å². The van der Waals surface area contributed by atoms with Crippen LogP contribution in [0.4, 0.5) is 0 Å². The van der Waals surface area contributed by atoms with Crippen LogP contribution in [0.25, 0.3) is 0 Å². The molecule has 1 N–H and O–H groups in total. The molecule has 2 aromatic rings. The molecule has 0 fully saturated rings. The Morgan fingerprint density at radius 2 is 1.94 bits per heavy atom. The maximum absolute atomic E-state index is 9.89. The molecule has 1 aromatic carbocycles. The van der Waals surface area contributed by atoms with E-state index in [9.17, 15) is 5.11 Å². The van der Waals surface area contributed by atoms with Crippen molar-refractivity contribution in [3.05, 3.63) is 46.7 Å². The number of aliphatic hydroxyl groups is 1. The van der Waals surface area contributed by atoms with Crippen LogP contribution in [0.2, 0.25) is 0 Å². The standard InChI is InChI=1S/C14H16O3S/c1-16-13-6-2-3-7-14(13)17-10-11(15)9-12-5-4-8-18-12/h2-8,11,15H,9-10H2,1H3. The normalized spacial score (nSPS) is 12.1. The highest BCUT2D eigenvalue weighted by Crippen LogP contribution is 2.26. The van der Waals surface area contributed by atoms with Gasteiger partial charge < -0.3 is 14.6 Å². The number of hydrogen-bond donors (Lipinski definition) is 1. The zero-order chi connectivity index (χ0) is 12.8. The van der Waals surface area contributed by atoms with E-state index >= 15 is 0 Å². The maximum Gasteiger partial charge on any atom is 0.161 e. The first-order chi connectivity index (χ1) is 8.79. The van der Waals surface area contributed by atoms with E-state index in [2.05, 4.69) is 0 Å². The van der Waals surface area contributed by atoms with Gasteiger partial charge >= 0.3 is 0 Å². The molecule has 0 aliphatic heterocycles. The minimum Gasteiger partial charge on any atom is -0.493 e. The highest BCUT2D eigenvalue weighted by atomic mass is 32.1. The minimum absolute atomic E-state index is 0.262. The van der Waals surface area contributed by atoms with Crippen LogP contribution in [0.15, 0.2) is 41.8 Å². The third-order valence-corrected chi connectivity index (χ3v) is 3.42. The van der Waals surface area contributed by atoms with E-state index in [4.69, 9.17) is 9.47 Å². The zero-order valence-corrected chi connectivity index (χ0v) is 11.0. The molecule has 2 rings (SSSR count). The van der Waals surface area contributed by atoms with Crippen molar-refractivity contribution in [2.75, 3.05) is 13.7 Å². The van der Waals surface area contributed by atoms with Crippen molar-refractivity contribution in [1.82, 2.24) is 0 Å². The first-order valence-corrected chi connectivity index (χ1v) is 6.64. The van der Waals surface area contributed by atoms with Crippen LogP contribution < -0.4 is 9.47 Å². The van der Waals surface area contributed by atoms with Gasteiger partial charge in [0.2, 0.25) is 0 Å². The Morgan fingerprint density at radius 3 is 2.61 bits per heavy atom. The SMILES string of the molecule is COc1ccccc1OCC(O)Cc1cccs1. The van der Waals surface area contributed by atoms with Crippen LogP contribution in [-0.4, -0.2) is 24.9 Å². The molecule has 0 radical (unpaired) electrons. The Bertz CT molecular complexity index is 468. The summed E-state index contributed by atoms with van der Waals surface area (Å²) in [6, 6.07) is 11.4. The van der Waals surface area contributed by atoms with Crippen LogP contribution in [0.3, 0.4) is 0 Å². The van der Waals surface area contributed by atoms with Gasteiger partial charge in [-0.25, -0.2) is 0 Å². The van der Waals surface area contributed by atoms with Gasteiger partial charge in [0.05, 0.1) is 13.2 Å². The highest BCUT2D eigenvalue weighted by Gasteiger charge is 2.09. The molecule has 4 heteroatoms. The first kappa shape index (κ1) is 12.9. The Balaban J connectivity index is 1.87. The largest absolute Gasteiger partial charge is 0.493 e. The minimum atomic E-state index is -0.506. The number of para-hydroxylation sites is 2. The second-order valence-electron chi connectivity index (χ2n) is 3.90. The molecule has 0 spiro atoms. The number of benzene rings is 1. The molecule has 0 saturated carbocycles. The number of ether oxygens (including phenoxy) is 2. The van der Waals surface area contributed by atoms with Crippen molar-refractivity contribution < 1.29 is 14.6 Å². The lowest BCUT2D eigenvalue weighted by Crippen LogP contribution is -2.19. The summed E-state index contributed by atoms with van der Waals surface area (Å²) in [7, 11) is 1.60. The molecule has 0 aliphatic rings. The van der Waals surface area contributed by atoms with Crippen LogP contribution >= 0.6 is 11.3 Å². The van der Waals surface area contributed by atoms with E-state index < -0.39 is 6.10 Å². The molecular weight excluding hydrogens is 248 g/mol. The van der Waals surface area contributed by atoms with Gasteiger partial charge in [0.1, 0.15) is 6.61 Å². The maximum atomic E-state index is 9.89. The molecular formula is C14H16O3S. The highest BCUT2D eigenvalue weighted by molar-refractivity contribution is 7.09. The average molecular weight is 264 g/mol. The van der Waals surface area contributed by atoms with Crippen LogP contribution in [0, 0.1) is 0 Å². The summed E-state index contributed by atoms with van der Waals surface area (Å²) in [5.74, 6) is 1.34. The number of aliphatic hydroxyl groups excluding tert-OH is 1. The topological polar surface area (TPSA) is 38.7 Å². The van der Waals surface area contributed by atoms with Gasteiger partial charge in [0, 0.05) is 11.3 Å². The van der Waals surface area contributed by atoms with Gasteiger partial charge in [0.25, 0.3) is 0 Å². The van der Waals surface area contributed by atoms with Crippen LogP contribution in [0.5, 0.6) is 11.5 Å². The number of hydrogen-bond acceptors (Lipinski definition) is 4. The van der Waals surface area contributed by atoms with Gasteiger partial charge in [-0.05, 0) is 23.6 Å². The van der Waals surface area contributed by atoms with Gasteiger partial charge in [-0.2, -0.15) is 0 Å². The third-order valence-electron chi connectivity index (χ3n) is 2.52. The first-order valence-electron chi connectivity index (χ1n) is 5.76. The fraction of sp³-hybridized carbons (Fsp3) is 0.286. The van der Waals surface area contributed by atoms with E-state index in [1.807, 2.05) is 41.8 Å². The lowest BCUT2D eigenvalue weighted by Gasteiger charge is -2.13. The Hall–Kier alpha value is -1.52. The molecule has 0 bridgehead atoms. The Morgan fingerprint density at radius 1 is 1.17 bits per heavy atom. The van der Waals surface area contributed by atoms with Crippen molar-refractivity contribution >= 4 is 11.3 Å². The van der Waals surface area contributed by atoms with Crippen molar-refractivity contribution in [3.63, 3.8) is 0 Å². The molecule has 96 valence electrons. The van der Waals surface area contributed by atoms with Gasteiger partial charge in [-0.3, -0.25) is 0 Å². The predicted octanol–water partition coefficient (Wildman–Crippen LogP) is 2.74. The van der Waals surface area contributed by atoms with Crippen molar-refractivity contribution in [1.29, 1.82) is 0 Å². The lowest BCUT2D eigenvalue weighted by atomic mass is 10.2. The lowest BCUT2D eigenvalue weighted by molar-refractivity contribution is 0.106. The summed E-state index contributed by atoms with van der Waals surface area (Å²) in [5.41, 5.74) is 0. The molecule has 1 heterocycles. The van der Waals surface area contributed by atoms with E-state index in [1.54, 1.807) is 18.4 Å². The number of methoxy groups -OCH3 is 1. The summed E-state index contributed by atoms with van der Waals surface area (Å²) in [5, 5.41) is 11.9. The smallest absolute Gasteiger partial charge is 0.161 e. The van der Waals surface area contributed by atoms with E-state index in [0.717, 1.165) is 4.88 Å². The Labute approximate surface area is 111 Å². The van der Waals surface area contributed by atoms with E-state index in [0.29, 0.717) is 17.9 Å². The van der Waals surface area contributed by atoms with E-state index in [-0.39, 0.29) is 6.61 Å². The zero-order valence-electron chi connectivity index (χ0n) is 10.2. The fourth-order valence-electron chi connectivity index (χ4n) is 1.64. The molecule has 3 nitrogen and oxygen atoms in total. The van der Waals surface area contributed by atoms with Crippen LogP contribution in [-0.2, 0) is 6.42 Å². The quantitative estimate of drug-likeness (QED) is 0.872. The van der Waals surface area contributed by atoms with Crippen molar-refractivity contribution in [2.24, 2.45) is 0 Å². The van der Waals surface area contributed by atoms with Gasteiger partial charge in [-0.1, -0.05) is 18.2 Å². The third kappa shape index (κ3) is 3.48. The summed E-state index contributed by atoms with van der Waals surface area (Å²) >= 11 is 1.64. The second kappa shape index (κ2) is 6.42. The van der Waals surface area contributed by atoms with E-state index in [1.165, 1.54) is 0 Å². The van der Waals surface area contributed by atoms with Crippen LogP contribution in [0.1, 0.15) is 4.88 Å². The molecule has 0 saturated heterocycles. The summed E-state index contributed by atoms with van der Waals surface area (Å²) in [6.07, 6.45) is 0.112. The summed E-state index contributed by atoms with van der Waals surface area (Å²) in [6.45, 7) is 0.262. The number of thiophene rings is 1. The van der Waals surface area contributed by atoms with Gasteiger partial charge in [0.15, 0.2) is 11.5 Å². The van der Waals surface area contributed by atoms with Gasteiger partial charge in [-0.15, -0.1) is 11.3 Å². The molecule has 0 amide bonds. The molecule has 0 aliphatic carbocycles. The average Bonchev–Trinajstić information content (AvgIpc) is 2.89. The molecule has 18 heavy (non-hydrogen) atoms. The molecule has 1 unspecified atom stereocenters. The Kier molecular flexibility index (Phi) is 4.61. The predicted molar refractivity (Wildman–Crippen MR) is 72.5 cm³/mol. The monoisotopic (exact) mass is 264 g/mol. The number of rotatable bonds is 6. The summed E-state index contributed by atoms with van der Waals surface area (Å²) in [4.78, 5) is 1.16. The second-order valence-corrected chi connectivity index (χ2v) is 4.93.